The molecule has 4 heteroatoms. The first kappa shape index (κ1) is 11.2. The molecule has 2 amide bonds. The summed E-state index contributed by atoms with van der Waals surface area (Å²) in [4.78, 5) is 22.2. The highest BCUT2D eigenvalue weighted by Gasteiger charge is 2.08. The molecule has 0 spiro atoms. The van der Waals surface area contributed by atoms with Crippen molar-refractivity contribution in [2.45, 2.75) is 20.8 Å². The van der Waals surface area contributed by atoms with Crippen LogP contribution in [0.5, 0.6) is 0 Å². The van der Waals surface area contributed by atoms with E-state index in [9.17, 15) is 9.59 Å². The molecule has 0 saturated carbocycles. The summed E-state index contributed by atoms with van der Waals surface area (Å²) in [6, 6.07) is 5.59. The predicted molar refractivity (Wildman–Crippen MR) is 57.2 cm³/mol. The maximum atomic E-state index is 11.6. The molecule has 0 saturated heterocycles. The monoisotopic (exact) mass is 206 g/mol. The summed E-state index contributed by atoms with van der Waals surface area (Å²) in [5, 5.41) is 0. The van der Waals surface area contributed by atoms with Crippen LogP contribution in [0.15, 0.2) is 18.2 Å². The van der Waals surface area contributed by atoms with Gasteiger partial charge in [0.1, 0.15) is 0 Å². The van der Waals surface area contributed by atoms with Gasteiger partial charge in [0.2, 0.25) is 5.91 Å². The molecule has 0 heterocycles. The molecule has 1 rings (SSSR count). The van der Waals surface area contributed by atoms with Crippen LogP contribution in [0, 0.1) is 13.8 Å². The molecule has 0 bridgehead atoms. The quantitative estimate of drug-likeness (QED) is 0.675. The van der Waals surface area contributed by atoms with Gasteiger partial charge in [-0.05, 0) is 25.5 Å². The van der Waals surface area contributed by atoms with Crippen molar-refractivity contribution in [3.8, 4) is 0 Å². The Morgan fingerprint density at radius 1 is 1.13 bits per heavy atom. The standard InChI is InChI=1S/C11H14N2O2/c1-7-4-5-8(2)10(6-7)11(15)13-12-9(3)14/h4-6H,1-3H3,(H,12,14)(H,13,15). The second-order valence-corrected chi connectivity index (χ2v) is 3.45. The van der Waals surface area contributed by atoms with Gasteiger partial charge in [0.25, 0.3) is 5.91 Å². The lowest BCUT2D eigenvalue weighted by atomic mass is 10.1. The highest BCUT2D eigenvalue weighted by atomic mass is 16.2. The fourth-order valence-electron chi connectivity index (χ4n) is 1.19. The number of carbonyl (C=O) groups excluding carboxylic acids is 2. The zero-order valence-corrected chi connectivity index (χ0v) is 9.05. The third-order valence-electron chi connectivity index (χ3n) is 1.99. The maximum absolute atomic E-state index is 11.6. The molecular weight excluding hydrogens is 192 g/mol. The average molecular weight is 206 g/mol. The van der Waals surface area contributed by atoms with Crippen LogP contribution in [0.3, 0.4) is 0 Å². The van der Waals surface area contributed by atoms with E-state index in [1.165, 1.54) is 6.92 Å². The van der Waals surface area contributed by atoms with E-state index in [-0.39, 0.29) is 11.8 Å². The summed E-state index contributed by atoms with van der Waals surface area (Å²) in [5.74, 6) is -0.597. The van der Waals surface area contributed by atoms with Crippen LogP contribution in [0.2, 0.25) is 0 Å². The van der Waals surface area contributed by atoms with Crippen LogP contribution in [-0.2, 0) is 4.79 Å². The number of hydrogen-bond acceptors (Lipinski definition) is 2. The van der Waals surface area contributed by atoms with Gasteiger partial charge in [0.05, 0.1) is 0 Å². The van der Waals surface area contributed by atoms with Gasteiger partial charge in [-0.15, -0.1) is 0 Å². The molecule has 2 N–H and O–H groups in total. The van der Waals surface area contributed by atoms with Crippen molar-refractivity contribution in [3.05, 3.63) is 34.9 Å². The smallest absolute Gasteiger partial charge is 0.269 e. The fraction of sp³-hybridized carbons (Fsp3) is 0.273. The summed E-state index contributed by atoms with van der Waals surface area (Å²) in [5.41, 5.74) is 7.04. The third kappa shape index (κ3) is 3.09. The first-order chi connectivity index (χ1) is 7.00. The number of carbonyl (C=O) groups is 2. The fourth-order valence-corrected chi connectivity index (χ4v) is 1.19. The number of amides is 2. The van der Waals surface area contributed by atoms with Gasteiger partial charge < -0.3 is 0 Å². The maximum Gasteiger partial charge on any atom is 0.269 e. The van der Waals surface area contributed by atoms with E-state index in [0.717, 1.165) is 11.1 Å². The van der Waals surface area contributed by atoms with Crippen LogP contribution in [0.4, 0.5) is 0 Å². The van der Waals surface area contributed by atoms with Crippen molar-refractivity contribution in [3.63, 3.8) is 0 Å². The molecule has 0 aliphatic rings. The van der Waals surface area contributed by atoms with Gasteiger partial charge in [-0.2, -0.15) is 0 Å². The Kier molecular flexibility index (Phi) is 3.44. The van der Waals surface area contributed by atoms with Crippen molar-refractivity contribution < 1.29 is 9.59 Å². The van der Waals surface area contributed by atoms with E-state index >= 15 is 0 Å². The molecular formula is C11H14N2O2. The van der Waals surface area contributed by atoms with Gasteiger partial charge in [0, 0.05) is 12.5 Å². The minimum absolute atomic E-state index is 0.298. The molecule has 0 aliphatic heterocycles. The Morgan fingerprint density at radius 3 is 2.40 bits per heavy atom. The zero-order chi connectivity index (χ0) is 11.4. The number of rotatable bonds is 1. The first-order valence-electron chi connectivity index (χ1n) is 4.65. The van der Waals surface area contributed by atoms with Gasteiger partial charge in [-0.3, -0.25) is 20.4 Å². The lowest BCUT2D eigenvalue weighted by Crippen LogP contribution is -2.40. The number of nitrogens with one attached hydrogen (secondary N) is 2. The second kappa shape index (κ2) is 4.59. The van der Waals surface area contributed by atoms with Crippen LogP contribution < -0.4 is 10.9 Å². The van der Waals surface area contributed by atoms with Crippen molar-refractivity contribution in [2.75, 3.05) is 0 Å². The van der Waals surface area contributed by atoms with Gasteiger partial charge in [-0.25, -0.2) is 0 Å². The lowest BCUT2D eigenvalue weighted by molar-refractivity contribution is -0.119. The van der Waals surface area contributed by atoms with Crippen molar-refractivity contribution in [1.29, 1.82) is 0 Å². The molecule has 0 unspecified atom stereocenters. The SMILES string of the molecule is CC(=O)NNC(=O)c1cc(C)ccc1C. The van der Waals surface area contributed by atoms with Crippen LogP contribution in [-0.4, -0.2) is 11.8 Å². The average Bonchev–Trinajstić information content (AvgIpc) is 2.18. The minimum Gasteiger partial charge on any atom is -0.274 e. The number of hydrogen-bond donors (Lipinski definition) is 2. The molecule has 1 aromatic rings. The van der Waals surface area contributed by atoms with Crippen molar-refractivity contribution in [1.82, 2.24) is 10.9 Å². The number of aryl methyl sites for hydroxylation is 2. The van der Waals surface area contributed by atoms with Crippen LogP contribution >= 0.6 is 0 Å². The molecule has 1 aromatic carbocycles. The largest absolute Gasteiger partial charge is 0.274 e. The third-order valence-corrected chi connectivity index (χ3v) is 1.99. The first-order valence-corrected chi connectivity index (χ1v) is 4.65. The molecule has 0 aromatic heterocycles. The molecule has 0 fully saturated rings. The Balaban J connectivity index is 2.81. The van der Waals surface area contributed by atoms with Crippen molar-refractivity contribution in [2.24, 2.45) is 0 Å². The van der Waals surface area contributed by atoms with E-state index in [1.54, 1.807) is 6.07 Å². The topological polar surface area (TPSA) is 58.2 Å². The van der Waals surface area contributed by atoms with Gasteiger partial charge in [-0.1, -0.05) is 17.7 Å². The van der Waals surface area contributed by atoms with Gasteiger partial charge >= 0.3 is 0 Å². The molecule has 15 heavy (non-hydrogen) atoms. The summed E-state index contributed by atoms with van der Waals surface area (Å²) in [6.45, 7) is 5.10. The van der Waals surface area contributed by atoms with E-state index in [4.69, 9.17) is 0 Å². The highest BCUT2D eigenvalue weighted by molar-refractivity contribution is 5.96. The Morgan fingerprint density at radius 2 is 1.80 bits per heavy atom. The van der Waals surface area contributed by atoms with E-state index in [1.807, 2.05) is 26.0 Å². The Hall–Kier alpha value is -1.84. The van der Waals surface area contributed by atoms with Crippen molar-refractivity contribution >= 4 is 11.8 Å². The normalized spacial score (nSPS) is 9.53. The molecule has 4 nitrogen and oxygen atoms in total. The Labute approximate surface area is 88.6 Å². The Bertz CT molecular complexity index is 400. The second-order valence-electron chi connectivity index (χ2n) is 3.45. The summed E-state index contributed by atoms with van der Waals surface area (Å²) in [7, 11) is 0. The molecule has 0 radical (unpaired) electrons. The van der Waals surface area contributed by atoms with Crippen LogP contribution in [0.25, 0.3) is 0 Å². The summed E-state index contributed by atoms with van der Waals surface area (Å²) < 4.78 is 0. The minimum atomic E-state index is -0.300. The lowest BCUT2D eigenvalue weighted by Gasteiger charge is -2.08. The summed E-state index contributed by atoms with van der Waals surface area (Å²) >= 11 is 0. The molecule has 0 atom stereocenters. The van der Waals surface area contributed by atoms with Crippen LogP contribution in [0.1, 0.15) is 28.4 Å². The number of hydrazine groups is 1. The highest BCUT2D eigenvalue weighted by Crippen LogP contribution is 2.09. The van der Waals surface area contributed by atoms with E-state index < -0.39 is 0 Å². The van der Waals surface area contributed by atoms with E-state index in [2.05, 4.69) is 10.9 Å². The summed E-state index contributed by atoms with van der Waals surface area (Å²) in [6.07, 6.45) is 0. The van der Waals surface area contributed by atoms with Gasteiger partial charge in [0.15, 0.2) is 0 Å². The molecule has 0 aliphatic carbocycles. The van der Waals surface area contributed by atoms with E-state index in [0.29, 0.717) is 5.56 Å². The zero-order valence-electron chi connectivity index (χ0n) is 9.05. The number of benzene rings is 1. The molecule has 80 valence electrons. The predicted octanol–water partition coefficient (Wildman–Crippen LogP) is 1.08.